The van der Waals surface area contributed by atoms with Crippen LogP contribution < -0.4 is 5.56 Å². The van der Waals surface area contributed by atoms with Gasteiger partial charge in [0.05, 0.1) is 0 Å². The number of hydrogen-bond donors (Lipinski definition) is 0. The van der Waals surface area contributed by atoms with E-state index < -0.39 is 0 Å². The van der Waals surface area contributed by atoms with Gasteiger partial charge in [0.25, 0.3) is 5.56 Å². The second kappa shape index (κ2) is 6.29. The second-order valence-corrected chi connectivity index (χ2v) is 7.76. The maximum atomic E-state index is 12.9. The fourth-order valence-corrected chi connectivity index (χ4v) is 4.60. The molecule has 1 amide bonds. The molecule has 1 atom stereocenters. The Morgan fingerprint density at radius 2 is 2.28 bits per heavy atom. The van der Waals surface area contributed by atoms with Crippen LogP contribution in [0, 0.1) is 5.92 Å². The smallest absolute Gasteiger partial charge is 0.291 e. The summed E-state index contributed by atoms with van der Waals surface area (Å²) in [5.41, 5.74) is 0.410. The highest BCUT2D eigenvalue weighted by Crippen LogP contribution is 2.24. The number of carbonyl (C=O) groups excluding carboxylic acids is 1. The van der Waals surface area contributed by atoms with Crippen molar-refractivity contribution in [2.75, 3.05) is 13.1 Å². The molecule has 4 rings (SSSR count). The molecule has 0 N–H and O–H groups in total. The molecule has 0 saturated carbocycles. The lowest BCUT2D eigenvalue weighted by Crippen LogP contribution is -2.43. The van der Waals surface area contributed by atoms with Gasteiger partial charge in [-0.2, -0.15) is 5.10 Å². The Morgan fingerprint density at radius 3 is 3.04 bits per heavy atom. The van der Waals surface area contributed by atoms with Gasteiger partial charge in [-0.3, -0.25) is 14.0 Å². The van der Waals surface area contributed by atoms with Crippen LogP contribution in [0.4, 0.5) is 0 Å². The van der Waals surface area contributed by atoms with Gasteiger partial charge in [-0.1, -0.05) is 13.8 Å². The molecule has 1 aliphatic rings. The molecule has 1 aliphatic heterocycles. The molecule has 1 unspecified atom stereocenters. The summed E-state index contributed by atoms with van der Waals surface area (Å²) in [5, 5.41) is 7.57. The van der Waals surface area contributed by atoms with Crippen LogP contribution in [-0.4, -0.2) is 38.1 Å². The molecule has 0 radical (unpaired) electrons. The fourth-order valence-electron chi connectivity index (χ4n) is 3.68. The summed E-state index contributed by atoms with van der Waals surface area (Å²) in [6.45, 7) is 5.76. The minimum absolute atomic E-state index is 0.0130. The van der Waals surface area contributed by atoms with Crippen LogP contribution in [0.5, 0.6) is 0 Å². The van der Waals surface area contributed by atoms with Crippen molar-refractivity contribution >= 4 is 33.0 Å². The number of amides is 1. The summed E-state index contributed by atoms with van der Waals surface area (Å²) in [6, 6.07) is 3.91. The van der Waals surface area contributed by atoms with Crippen LogP contribution >= 0.6 is 11.3 Å². The number of aromatic nitrogens is 3. The normalized spacial score (nSPS) is 18.3. The summed E-state index contributed by atoms with van der Waals surface area (Å²) in [5.74, 6) is 1.32. The van der Waals surface area contributed by atoms with E-state index in [2.05, 4.69) is 12.0 Å². The van der Waals surface area contributed by atoms with Crippen molar-refractivity contribution in [3.8, 4) is 0 Å². The number of thiophene rings is 1. The molecule has 0 aromatic carbocycles. The van der Waals surface area contributed by atoms with Gasteiger partial charge in [-0.15, -0.1) is 11.3 Å². The van der Waals surface area contributed by atoms with Gasteiger partial charge >= 0.3 is 0 Å². The molecule has 25 heavy (non-hydrogen) atoms. The van der Waals surface area contributed by atoms with Gasteiger partial charge < -0.3 is 4.90 Å². The van der Waals surface area contributed by atoms with E-state index in [0.29, 0.717) is 17.9 Å². The van der Waals surface area contributed by atoms with E-state index in [4.69, 9.17) is 0 Å². The lowest BCUT2D eigenvalue weighted by atomic mass is 10.0. The second-order valence-electron chi connectivity index (χ2n) is 6.87. The van der Waals surface area contributed by atoms with E-state index in [1.54, 1.807) is 11.3 Å². The number of rotatable bonds is 3. The molecule has 3 aromatic rings. The fraction of sp³-hybridized carbons (Fsp3) is 0.500. The molecule has 0 spiro atoms. The van der Waals surface area contributed by atoms with Gasteiger partial charge in [0.1, 0.15) is 22.7 Å². The molecule has 7 heteroatoms. The number of aryl methyl sites for hydroxylation is 1. The molecule has 6 nitrogen and oxygen atoms in total. The highest BCUT2D eigenvalue weighted by Gasteiger charge is 2.23. The van der Waals surface area contributed by atoms with Crippen LogP contribution in [0.1, 0.15) is 32.5 Å². The Morgan fingerprint density at radius 1 is 1.44 bits per heavy atom. The Kier molecular flexibility index (Phi) is 4.11. The summed E-state index contributed by atoms with van der Waals surface area (Å²) >= 11 is 1.60. The van der Waals surface area contributed by atoms with Crippen LogP contribution in [-0.2, 0) is 17.8 Å². The van der Waals surface area contributed by atoms with Crippen LogP contribution in [0.15, 0.2) is 22.3 Å². The predicted octanol–water partition coefficient (Wildman–Crippen LogP) is 2.53. The highest BCUT2D eigenvalue weighted by atomic mass is 32.1. The largest absolute Gasteiger partial charge is 0.341 e. The molecule has 3 aromatic heterocycles. The van der Waals surface area contributed by atoms with E-state index in [1.807, 2.05) is 33.7 Å². The Labute approximate surface area is 149 Å². The van der Waals surface area contributed by atoms with Crippen molar-refractivity contribution < 1.29 is 4.79 Å². The van der Waals surface area contributed by atoms with Gasteiger partial charge in [-0.05, 0) is 36.3 Å². The number of likely N-dealkylation sites (tertiary alicyclic amines) is 1. The molecular weight excluding hydrogens is 336 g/mol. The van der Waals surface area contributed by atoms with Crippen LogP contribution in [0.2, 0.25) is 0 Å². The number of carbonyl (C=O) groups is 1. The molecule has 132 valence electrons. The van der Waals surface area contributed by atoms with Crippen LogP contribution in [0.25, 0.3) is 15.7 Å². The van der Waals surface area contributed by atoms with Gasteiger partial charge in [0, 0.05) is 24.9 Å². The van der Waals surface area contributed by atoms with E-state index in [-0.39, 0.29) is 18.0 Å². The molecule has 0 bridgehead atoms. The van der Waals surface area contributed by atoms with Gasteiger partial charge in [0.15, 0.2) is 0 Å². The first-order valence-corrected chi connectivity index (χ1v) is 9.73. The zero-order valence-corrected chi connectivity index (χ0v) is 15.4. The quantitative estimate of drug-likeness (QED) is 0.723. The summed E-state index contributed by atoms with van der Waals surface area (Å²) in [4.78, 5) is 28.4. The standard InChI is InChI=1S/C18H22N4O2S/c1-3-15-19-21(11-16(23)20-7-4-5-12(2)10-20)17(24)14-9-13-6-8-25-18(13)22(14)15/h6,8-9,12H,3-5,7,10-11H2,1-2H3. The Balaban J connectivity index is 1.73. The molecule has 4 heterocycles. The van der Waals surface area contributed by atoms with E-state index in [0.717, 1.165) is 42.0 Å². The maximum absolute atomic E-state index is 12.9. The minimum atomic E-state index is -0.195. The summed E-state index contributed by atoms with van der Waals surface area (Å²) in [6.07, 6.45) is 2.89. The van der Waals surface area contributed by atoms with E-state index in [9.17, 15) is 9.59 Å². The SMILES string of the molecule is CCc1nn(CC(=O)N2CCCC(C)C2)c(=O)c2cc3ccsc3n12. The minimum Gasteiger partial charge on any atom is -0.341 e. The third kappa shape index (κ3) is 2.76. The number of hydrogen-bond acceptors (Lipinski definition) is 4. The van der Waals surface area contributed by atoms with E-state index in [1.165, 1.54) is 4.68 Å². The predicted molar refractivity (Wildman–Crippen MR) is 99.2 cm³/mol. The average molecular weight is 358 g/mol. The number of piperidine rings is 1. The van der Waals surface area contributed by atoms with Crippen molar-refractivity contribution in [1.29, 1.82) is 0 Å². The maximum Gasteiger partial charge on any atom is 0.291 e. The lowest BCUT2D eigenvalue weighted by molar-refractivity contribution is -0.133. The number of fused-ring (bicyclic) bond motifs is 3. The first-order chi connectivity index (χ1) is 12.1. The van der Waals surface area contributed by atoms with Crippen molar-refractivity contribution in [2.45, 2.75) is 39.7 Å². The van der Waals surface area contributed by atoms with Gasteiger partial charge in [-0.25, -0.2) is 4.68 Å². The van der Waals surface area contributed by atoms with Gasteiger partial charge in [0.2, 0.25) is 5.91 Å². The van der Waals surface area contributed by atoms with E-state index >= 15 is 0 Å². The Bertz CT molecular complexity index is 1000. The lowest BCUT2D eigenvalue weighted by Gasteiger charge is -2.31. The molecule has 0 aliphatic carbocycles. The third-order valence-corrected chi connectivity index (χ3v) is 5.88. The molecular formula is C18H22N4O2S. The van der Waals surface area contributed by atoms with Crippen LogP contribution in [0.3, 0.4) is 0 Å². The van der Waals surface area contributed by atoms with Crippen molar-refractivity contribution in [3.05, 3.63) is 33.7 Å². The summed E-state index contributed by atoms with van der Waals surface area (Å²) < 4.78 is 3.28. The zero-order chi connectivity index (χ0) is 17.6. The zero-order valence-electron chi connectivity index (χ0n) is 14.6. The third-order valence-electron chi connectivity index (χ3n) is 4.97. The highest BCUT2D eigenvalue weighted by molar-refractivity contribution is 7.16. The van der Waals surface area contributed by atoms with Crippen molar-refractivity contribution in [1.82, 2.24) is 19.1 Å². The first-order valence-electron chi connectivity index (χ1n) is 8.85. The molecule has 1 saturated heterocycles. The topological polar surface area (TPSA) is 59.6 Å². The average Bonchev–Trinajstić information content (AvgIpc) is 3.19. The first kappa shape index (κ1) is 16.3. The van der Waals surface area contributed by atoms with Crippen molar-refractivity contribution in [2.24, 2.45) is 5.92 Å². The van der Waals surface area contributed by atoms with Crippen molar-refractivity contribution in [3.63, 3.8) is 0 Å². The summed E-state index contributed by atoms with van der Waals surface area (Å²) in [7, 11) is 0. The Hall–Kier alpha value is -2.15. The molecule has 1 fully saturated rings. The number of nitrogens with zero attached hydrogens (tertiary/aromatic N) is 4. The monoisotopic (exact) mass is 358 g/mol.